The van der Waals surface area contributed by atoms with E-state index in [-0.39, 0.29) is 12.1 Å². The molecule has 2 N–H and O–H groups in total. The summed E-state index contributed by atoms with van der Waals surface area (Å²) in [6.07, 6.45) is 2.12. The third-order valence-corrected chi connectivity index (χ3v) is 7.79. The number of hydrogen-bond donors (Lipinski definition) is 2. The Kier molecular flexibility index (Phi) is 6.83. The number of nitrogens with one attached hydrogen (secondary N) is 1. The first kappa shape index (κ1) is 20.8. The van der Waals surface area contributed by atoms with Crippen LogP contribution in [0.4, 0.5) is 0 Å². The van der Waals surface area contributed by atoms with Gasteiger partial charge in [0.2, 0.25) is 0 Å². The number of piperidine rings is 1. The Labute approximate surface area is 185 Å². The Bertz CT molecular complexity index is 907. The van der Waals surface area contributed by atoms with Gasteiger partial charge in [-0.15, -0.1) is 11.8 Å². The normalized spacial score (nSPS) is 21.8. The molecule has 4 rings (SSSR count). The standard InChI is InChI=1S/C23H24ClNO2S2/c24-21-3-1-2-4-22(21)29-20-9-11-23(25-15-20,18-10-14-28-16-18)17-5-7-19(8-6-17)27-13-12-26/h1-8,10,14,16,20,25-26H,9,11-13,15H2. The van der Waals surface area contributed by atoms with Crippen molar-refractivity contribution in [2.24, 2.45) is 0 Å². The molecule has 1 aromatic heterocycles. The van der Waals surface area contributed by atoms with Crippen LogP contribution in [0.25, 0.3) is 0 Å². The predicted octanol–water partition coefficient (Wildman–Crippen LogP) is 5.56. The largest absolute Gasteiger partial charge is 0.491 e. The van der Waals surface area contributed by atoms with Crippen LogP contribution >= 0.6 is 34.7 Å². The first-order valence-electron chi connectivity index (χ1n) is 9.74. The number of hydrogen-bond acceptors (Lipinski definition) is 5. The van der Waals surface area contributed by atoms with E-state index < -0.39 is 0 Å². The van der Waals surface area contributed by atoms with Gasteiger partial charge in [-0.05, 0) is 65.1 Å². The molecule has 2 heterocycles. The molecule has 0 bridgehead atoms. The third kappa shape index (κ3) is 4.65. The maximum atomic E-state index is 8.96. The van der Waals surface area contributed by atoms with Gasteiger partial charge in [-0.2, -0.15) is 11.3 Å². The number of thiophene rings is 1. The molecule has 1 fully saturated rings. The summed E-state index contributed by atoms with van der Waals surface area (Å²) in [5.74, 6) is 0.784. The van der Waals surface area contributed by atoms with E-state index in [1.807, 2.05) is 42.1 Å². The van der Waals surface area contributed by atoms with Crippen molar-refractivity contribution in [2.45, 2.75) is 28.5 Å². The zero-order valence-corrected chi connectivity index (χ0v) is 18.4. The highest BCUT2D eigenvalue weighted by atomic mass is 35.5. The van der Waals surface area contributed by atoms with Crippen molar-refractivity contribution in [2.75, 3.05) is 19.8 Å². The Balaban J connectivity index is 1.53. The summed E-state index contributed by atoms with van der Waals surface area (Å²) < 4.78 is 5.53. The van der Waals surface area contributed by atoms with Crippen LogP contribution in [-0.4, -0.2) is 30.1 Å². The average Bonchev–Trinajstić information content (AvgIpc) is 3.30. The lowest BCUT2D eigenvalue weighted by Gasteiger charge is -2.41. The molecule has 3 aromatic rings. The van der Waals surface area contributed by atoms with Gasteiger partial charge in [0.1, 0.15) is 12.4 Å². The molecule has 6 heteroatoms. The molecule has 2 aromatic carbocycles. The van der Waals surface area contributed by atoms with E-state index >= 15 is 0 Å². The van der Waals surface area contributed by atoms with Crippen molar-refractivity contribution < 1.29 is 9.84 Å². The molecule has 3 nitrogen and oxygen atoms in total. The molecule has 0 aliphatic carbocycles. The first-order chi connectivity index (χ1) is 14.2. The molecule has 0 radical (unpaired) electrons. The van der Waals surface area contributed by atoms with Crippen molar-refractivity contribution in [3.63, 3.8) is 0 Å². The van der Waals surface area contributed by atoms with Gasteiger partial charge in [-0.3, -0.25) is 0 Å². The maximum absolute atomic E-state index is 8.96. The summed E-state index contributed by atoms with van der Waals surface area (Å²) in [5.41, 5.74) is 2.37. The highest BCUT2D eigenvalue weighted by molar-refractivity contribution is 8.00. The Hall–Kier alpha value is -1.50. The Morgan fingerprint density at radius 3 is 2.62 bits per heavy atom. The first-order valence-corrected chi connectivity index (χ1v) is 11.9. The summed E-state index contributed by atoms with van der Waals surface area (Å²) in [7, 11) is 0. The van der Waals surface area contributed by atoms with Gasteiger partial charge in [0.15, 0.2) is 0 Å². The summed E-state index contributed by atoms with van der Waals surface area (Å²) >= 11 is 9.95. The summed E-state index contributed by atoms with van der Waals surface area (Å²) in [5, 5.41) is 18.5. The molecule has 1 saturated heterocycles. The van der Waals surface area contributed by atoms with Crippen LogP contribution in [0.5, 0.6) is 5.75 Å². The summed E-state index contributed by atoms with van der Waals surface area (Å²) in [4.78, 5) is 1.15. The lowest BCUT2D eigenvalue weighted by Crippen LogP contribution is -2.50. The van der Waals surface area contributed by atoms with Crippen molar-refractivity contribution in [1.29, 1.82) is 0 Å². The number of rotatable bonds is 7. The number of benzene rings is 2. The molecule has 29 heavy (non-hydrogen) atoms. The molecular formula is C23H24ClNO2S2. The topological polar surface area (TPSA) is 41.5 Å². The second-order valence-corrected chi connectivity index (χ2v) is 9.63. The minimum atomic E-state index is -0.187. The van der Waals surface area contributed by atoms with E-state index in [0.717, 1.165) is 35.1 Å². The van der Waals surface area contributed by atoms with E-state index in [9.17, 15) is 0 Å². The van der Waals surface area contributed by atoms with Gasteiger partial charge in [0, 0.05) is 16.7 Å². The molecule has 0 saturated carbocycles. The SMILES string of the molecule is OCCOc1ccc(C2(c3ccsc3)CCC(Sc3ccccc3Cl)CN2)cc1. The van der Waals surface area contributed by atoms with Crippen LogP contribution in [-0.2, 0) is 5.54 Å². The van der Waals surface area contributed by atoms with Crippen molar-refractivity contribution in [3.05, 3.63) is 81.5 Å². The van der Waals surface area contributed by atoms with Crippen LogP contribution in [0.1, 0.15) is 24.0 Å². The number of thioether (sulfide) groups is 1. The van der Waals surface area contributed by atoms with E-state index in [2.05, 4.69) is 40.3 Å². The molecular weight excluding hydrogens is 422 g/mol. The van der Waals surface area contributed by atoms with Gasteiger partial charge in [-0.1, -0.05) is 35.9 Å². The summed E-state index contributed by atoms with van der Waals surface area (Å²) in [6, 6.07) is 18.5. The van der Waals surface area contributed by atoms with Gasteiger partial charge in [0.05, 0.1) is 17.2 Å². The minimum absolute atomic E-state index is 0.0205. The van der Waals surface area contributed by atoms with Crippen molar-refractivity contribution in [3.8, 4) is 5.75 Å². The van der Waals surface area contributed by atoms with E-state index in [1.54, 1.807) is 11.3 Å². The van der Waals surface area contributed by atoms with Crippen LogP contribution in [0.2, 0.25) is 5.02 Å². The van der Waals surface area contributed by atoms with Crippen LogP contribution < -0.4 is 10.1 Å². The fourth-order valence-corrected chi connectivity index (χ4v) is 5.94. The minimum Gasteiger partial charge on any atom is -0.491 e. The second-order valence-electron chi connectivity index (χ2n) is 7.10. The van der Waals surface area contributed by atoms with E-state index in [4.69, 9.17) is 21.4 Å². The van der Waals surface area contributed by atoms with Gasteiger partial charge in [-0.25, -0.2) is 0 Å². The van der Waals surface area contributed by atoms with E-state index in [0.29, 0.717) is 11.9 Å². The van der Waals surface area contributed by atoms with Gasteiger partial charge < -0.3 is 15.2 Å². The van der Waals surface area contributed by atoms with Crippen LogP contribution in [0, 0.1) is 0 Å². The highest BCUT2D eigenvalue weighted by Gasteiger charge is 2.38. The van der Waals surface area contributed by atoms with E-state index in [1.165, 1.54) is 11.1 Å². The second kappa shape index (κ2) is 9.54. The summed E-state index contributed by atoms with van der Waals surface area (Å²) in [6.45, 7) is 1.25. The fraction of sp³-hybridized carbons (Fsp3) is 0.304. The number of aliphatic hydroxyl groups is 1. The monoisotopic (exact) mass is 445 g/mol. The lowest BCUT2D eigenvalue weighted by molar-refractivity contribution is 0.201. The third-order valence-electron chi connectivity index (χ3n) is 5.32. The zero-order chi connectivity index (χ0) is 20.1. The zero-order valence-electron chi connectivity index (χ0n) is 16.0. The molecule has 2 atom stereocenters. The number of halogens is 1. The maximum Gasteiger partial charge on any atom is 0.119 e. The molecule has 1 aliphatic heterocycles. The molecule has 0 spiro atoms. The van der Waals surface area contributed by atoms with Crippen LogP contribution in [0.15, 0.2) is 70.3 Å². The molecule has 0 amide bonds. The predicted molar refractivity (Wildman–Crippen MR) is 122 cm³/mol. The fourth-order valence-electron chi connectivity index (χ4n) is 3.84. The highest BCUT2D eigenvalue weighted by Crippen LogP contribution is 2.42. The van der Waals surface area contributed by atoms with Gasteiger partial charge >= 0.3 is 0 Å². The quantitative estimate of drug-likeness (QED) is 0.499. The molecule has 2 unspecified atom stereocenters. The number of ether oxygens (including phenoxy) is 1. The Morgan fingerprint density at radius 2 is 1.97 bits per heavy atom. The molecule has 152 valence electrons. The van der Waals surface area contributed by atoms with Crippen molar-refractivity contribution in [1.82, 2.24) is 5.32 Å². The van der Waals surface area contributed by atoms with Crippen LogP contribution in [0.3, 0.4) is 0 Å². The molecule has 1 aliphatic rings. The smallest absolute Gasteiger partial charge is 0.119 e. The lowest BCUT2D eigenvalue weighted by atomic mass is 9.78. The average molecular weight is 446 g/mol. The van der Waals surface area contributed by atoms with Gasteiger partial charge in [0.25, 0.3) is 0 Å². The Morgan fingerprint density at radius 1 is 1.14 bits per heavy atom. The van der Waals surface area contributed by atoms with Crippen molar-refractivity contribution >= 4 is 34.7 Å². The number of aliphatic hydroxyl groups excluding tert-OH is 1.